The molecule has 0 aliphatic carbocycles. The van der Waals surface area contributed by atoms with Crippen molar-refractivity contribution in [1.82, 2.24) is 9.97 Å². The number of benzene rings is 1. The number of ether oxygens (including phenoxy) is 1. The summed E-state index contributed by atoms with van der Waals surface area (Å²) in [5, 5.41) is 3.94. The summed E-state index contributed by atoms with van der Waals surface area (Å²) < 4.78 is 5.38. The van der Waals surface area contributed by atoms with Gasteiger partial charge < -0.3 is 15.0 Å². The lowest BCUT2D eigenvalue weighted by Crippen LogP contribution is -2.39. The lowest BCUT2D eigenvalue weighted by molar-refractivity contribution is 0.417. The number of nitrogens with zero attached hydrogens (tertiary/aromatic N) is 3. The van der Waals surface area contributed by atoms with Crippen LogP contribution in [0.2, 0.25) is 5.02 Å². The highest BCUT2D eigenvalue weighted by Crippen LogP contribution is 2.31. The van der Waals surface area contributed by atoms with Crippen LogP contribution in [-0.2, 0) is 0 Å². The number of nitrogens with one attached hydrogen (secondary N) is 1. The normalized spacial score (nSPS) is 17.6. The van der Waals surface area contributed by atoms with Gasteiger partial charge in [0.15, 0.2) is 0 Å². The number of methoxy groups -OCH3 is 1. The highest BCUT2D eigenvalue weighted by molar-refractivity contribution is 6.31. The van der Waals surface area contributed by atoms with Gasteiger partial charge in [0.05, 0.1) is 12.8 Å². The minimum Gasteiger partial charge on any atom is -0.495 e. The second-order valence-corrected chi connectivity index (χ2v) is 6.42. The van der Waals surface area contributed by atoms with Gasteiger partial charge in [0.25, 0.3) is 0 Å². The van der Waals surface area contributed by atoms with Gasteiger partial charge in [-0.05, 0) is 43.9 Å². The first-order chi connectivity index (χ1) is 11.7. The van der Waals surface area contributed by atoms with Crippen LogP contribution in [0.15, 0.2) is 30.6 Å². The lowest BCUT2D eigenvalue weighted by Gasteiger charge is -2.36. The van der Waals surface area contributed by atoms with Crippen LogP contribution in [0.1, 0.15) is 32.6 Å². The van der Waals surface area contributed by atoms with Gasteiger partial charge in [-0.25, -0.2) is 9.97 Å². The third-order valence-corrected chi connectivity index (χ3v) is 4.70. The van der Waals surface area contributed by atoms with E-state index < -0.39 is 0 Å². The van der Waals surface area contributed by atoms with Gasteiger partial charge in [-0.1, -0.05) is 18.5 Å². The molecule has 1 fully saturated rings. The summed E-state index contributed by atoms with van der Waals surface area (Å²) in [6.07, 6.45) is 6.48. The molecule has 5 nitrogen and oxygen atoms in total. The van der Waals surface area contributed by atoms with Gasteiger partial charge in [-0.15, -0.1) is 0 Å². The second kappa shape index (κ2) is 7.71. The van der Waals surface area contributed by atoms with Gasteiger partial charge in [0, 0.05) is 23.7 Å². The number of hydrogen-bond acceptors (Lipinski definition) is 5. The molecule has 1 aromatic heterocycles. The van der Waals surface area contributed by atoms with Crippen LogP contribution >= 0.6 is 11.6 Å². The van der Waals surface area contributed by atoms with E-state index in [1.165, 1.54) is 19.3 Å². The van der Waals surface area contributed by atoms with E-state index in [9.17, 15) is 0 Å². The van der Waals surface area contributed by atoms with Gasteiger partial charge in [0.2, 0.25) is 0 Å². The van der Waals surface area contributed by atoms with E-state index in [0.29, 0.717) is 11.1 Å². The maximum Gasteiger partial charge on any atom is 0.142 e. The Bertz CT molecular complexity index is 694. The molecule has 1 N–H and O–H groups in total. The van der Waals surface area contributed by atoms with Crippen molar-refractivity contribution in [3.05, 3.63) is 35.6 Å². The molecule has 0 amide bonds. The van der Waals surface area contributed by atoms with Crippen molar-refractivity contribution < 1.29 is 4.74 Å². The number of hydrogen-bond donors (Lipinski definition) is 1. The van der Waals surface area contributed by atoms with E-state index in [2.05, 4.69) is 27.1 Å². The Morgan fingerprint density at radius 2 is 2.17 bits per heavy atom. The number of aromatic nitrogens is 2. The topological polar surface area (TPSA) is 50.3 Å². The number of piperidine rings is 1. The van der Waals surface area contributed by atoms with E-state index >= 15 is 0 Å². The van der Waals surface area contributed by atoms with E-state index in [0.717, 1.165) is 36.0 Å². The van der Waals surface area contributed by atoms with E-state index in [1.54, 1.807) is 19.5 Å². The molecule has 3 rings (SSSR count). The largest absolute Gasteiger partial charge is 0.495 e. The molecule has 1 aliphatic rings. The molecule has 0 bridgehead atoms. The van der Waals surface area contributed by atoms with Crippen molar-refractivity contribution in [2.24, 2.45) is 0 Å². The maximum absolute atomic E-state index is 6.09. The fourth-order valence-corrected chi connectivity index (χ4v) is 3.39. The summed E-state index contributed by atoms with van der Waals surface area (Å²) in [7, 11) is 1.64. The predicted molar refractivity (Wildman–Crippen MR) is 98.6 cm³/mol. The molecule has 1 saturated heterocycles. The Balaban J connectivity index is 1.84. The third-order valence-electron chi connectivity index (χ3n) is 4.47. The average molecular weight is 347 g/mol. The summed E-state index contributed by atoms with van der Waals surface area (Å²) in [6, 6.07) is 8.02. The van der Waals surface area contributed by atoms with E-state index in [1.807, 2.05) is 18.2 Å². The minimum absolute atomic E-state index is 0.558. The van der Waals surface area contributed by atoms with Gasteiger partial charge in [-0.2, -0.15) is 0 Å². The first-order valence-electron chi connectivity index (χ1n) is 8.40. The molecule has 2 heterocycles. The Hall–Kier alpha value is -2.01. The molecular weight excluding hydrogens is 324 g/mol. The van der Waals surface area contributed by atoms with Crippen molar-refractivity contribution in [2.45, 2.75) is 38.6 Å². The number of halogens is 1. The summed E-state index contributed by atoms with van der Waals surface area (Å²) in [5.74, 6) is 2.44. The van der Waals surface area contributed by atoms with Crippen molar-refractivity contribution in [3.63, 3.8) is 0 Å². The predicted octanol–water partition coefficient (Wildman–Crippen LogP) is 4.65. The second-order valence-electron chi connectivity index (χ2n) is 5.98. The van der Waals surface area contributed by atoms with E-state index in [-0.39, 0.29) is 0 Å². The smallest absolute Gasteiger partial charge is 0.142 e. The molecule has 128 valence electrons. The van der Waals surface area contributed by atoms with Gasteiger partial charge >= 0.3 is 0 Å². The standard InChI is InChI=1S/C18H23ClN4O/c1-3-14-6-4-5-9-23(14)18-11-17(20-12-21-18)22-15-10-13(19)7-8-16(15)24-2/h7-8,10-12,14H,3-6,9H2,1-2H3,(H,20,21,22). The van der Waals surface area contributed by atoms with Crippen LogP contribution in [0.3, 0.4) is 0 Å². The number of rotatable bonds is 5. The Labute approximate surface area is 148 Å². The molecule has 2 aromatic rings. The molecule has 1 aliphatic heterocycles. The zero-order chi connectivity index (χ0) is 16.9. The summed E-state index contributed by atoms with van der Waals surface area (Å²) in [5.41, 5.74) is 0.792. The fourth-order valence-electron chi connectivity index (χ4n) is 3.21. The molecule has 0 spiro atoms. The molecule has 1 unspecified atom stereocenters. The first-order valence-corrected chi connectivity index (χ1v) is 8.78. The molecule has 1 aromatic carbocycles. The minimum atomic E-state index is 0.558. The van der Waals surface area contributed by atoms with Crippen LogP contribution in [-0.4, -0.2) is 29.7 Å². The molecule has 6 heteroatoms. The third kappa shape index (κ3) is 3.73. The Morgan fingerprint density at radius 3 is 2.96 bits per heavy atom. The van der Waals surface area contributed by atoms with Crippen molar-refractivity contribution in [1.29, 1.82) is 0 Å². The van der Waals surface area contributed by atoms with Crippen molar-refractivity contribution in [3.8, 4) is 5.75 Å². The summed E-state index contributed by atoms with van der Waals surface area (Å²) in [6.45, 7) is 3.29. The van der Waals surface area contributed by atoms with E-state index in [4.69, 9.17) is 16.3 Å². The SMILES string of the molecule is CCC1CCCCN1c1cc(Nc2cc(Cl)ccc2OC)ncn1. The van der Waals surface area contributed by atoms with Crippen LogP contribution in [0.4, 0.5) is 17.3 Å². The molecular formula is C18H23ClN4O. The van der Waals surface area contributed by atoms with Gasteiger partial charge in [-0.3, -0.25) is 0 Å². The highest BCUT2D eigenvalue weighted by Gasteiger charge is 2.22. The fraction of sp³-hybridized carbons (Fsp3) is 0.444. The summed E-state index contributed by atoms with van der Waals surface area (Å²) in [4.78, 5) is 11.2. The zero-order valence-corrected chi connectivity index (χ0v) is 14.9. The first kappa shape index (κ1) is 16.8. The zero-order valence-electron chi connectivity index (χ0n) is 14.1. The number of anilines is 3. The maximum atomic E-state index is 6.09. The average Bonchev–Trinajstić information content (AvgIpc) is 2.62. The molecule has 1 atom stereocenters. The monoisotopic (exact) mass is 346 g/mol. The van der Waals surface area contributed by atoms with Gasteiger partial charge in [0.1, 0.15) is 23.7 Å². The Kier molecular flexibility index (Phi) is 5.41. The van der Waals surface area contributed by atoms with Crippen LogP contribution < -0.4 is 15.0 Å². The summed E-state index contributed by atoms with van der Waals surface area (Å²) >= 11 is 6.09. The quantitative estimate of drug-likeness (QED) is 0.853. The molecule has 0 radical (unpaired) electrons. The van der Waals surface area contributed by atoms with Crippen LogP contribution in [0, 0.1) is 0 Å². The molecule has 0 saturated carbocycles. The molecule has 24 heavy (non-hydrogen) atoms. The van der Waals surface area contributed by atoms with Crippen molar-refractivity contribution >= 4 is 28.9 Å². The lowest BCUT2D eigenvalue weighted by atomic mass is 10.0. The Morgan fingerprint density at radius 1 is 1.29 bits per heavy atom. The van der Waals surface area contributed by atoms with Crippen LogP contribution in [0.5, 0.6) is 5.75 Å². The highest BCUT2D eigenvalue weighted by atomic mass is 35.5. The van der Waals surface area contributed by atoms with Crippen molar-refractivity contribution in [2.75, 3.05) is 23.9 Å². The van der Waals surface area contributed by atoms with Crippen LogP contribution in [0.25, 0.3) is 0 Å².